The number of thiocarbonyl (C=S) groups is 1. The predicted molar refractivity (Wildman–Crippen MR) is 70.0 cm³/mol. The van der Waals surface area contributed by atoms with Gasteiger partial charge in [-0.05, 0) is 25.0 Å². The highest BCUT2D eigenvalue weighted by Gasteiger charge is 2.44. The van der Waals surface area contributed by atoms with Crippen molar-refractivity contribution < 1.29 is 9.13 Å². The lowest BCUT2D eigenvalue weighted by molar-refractivity contribution is 0.230. The van der Waals surface area contributed by atoms with E-state index in [9.17, 15) is 4.39 Å². The normalized spacial score (nSPS) is 16.6. The predicted octanol–water partition coefficient (Wildman–Crippen LogP) is 3.31. The molecule has 0 amide bonds. The van der Waals surface area contributed by atoms with Crippen LogP contribution in [0.1, 0.15) is 19.3 Å². The molecule has 0 unspecified atom stereocenters. The van der Waals surface area contributed by atoms with Crippen molar-refractivity contribution in [3.05, 3.63) is 29.0 Å². The molecule has 17 heavy (non-hydrogen) atoms. The number of hydrogen-bond donors (Lipinski definition) is 1. The van der Waals surface area contributed by atoms with Crippen molar-refractivity contribution >= 4 is 28.8 Å². The van der Waals surface area contributed by atoms with Gasteiger partial charge in [-0.3, -0.25) is 0 Å². The van der Waals surface area contributed by atoms with Gasteiger partial charge in [0.1, 0.15) is 0 Å². The van der Waals surface area contributed by atoms with Gasteiger partial charge < -0.3 is 10.5 Å². The molecule has 0 bridgehead atoms. The first-order chi connectivity index (χ1) is 8.02. The minimum Gasteiger partial charge on any atom is -0.490 e. The number of hydrogen-bond acceptors (Lipinski definition) is 2. The van der Waals surface area contributed by atoms with Crippen LogP contribution in [0.25, 0.3) is 0 Å². The third-order valence-corrected chi connectivity index (χ3v) is 3.39. The average molecular weight is 274 g/mol. The smallest absolute Gasteiger partial charge is 0.183 e. The summed E-state index contributed by atoms with van der Waals surface area (Å²) in [5.41, 5.74) is 5.54. The van der Waals surface area contributed by atoms with Crippen LogP contribution < -0.4 is 10.5 Å². The van der Waals surface area contributed by atoms with Gasteiger partial charge in [-0.2, -0.15) is 0 Å². The zero-order valence-corrected chi connectivity index (χ0v) is 10.8. The lowest BCUT2D eigenvalue weighted by atomic mass is 10.0. The van der Waals surface area contributed by atoms with E-state index in [1.54, 1.807) is 12.1 Å². The van der Waals surface area contributed by atoms with Crippen LogP contribution in [-0.2, 0) is 0 Å². The monoisotopic (exact) mass is 273 g/mol. The van der Waals surface area contributed by atoms with Crippen molar-refractivity contribution in [2.45, 2.75) is 19.3 Å². The number of ether oxygens (including phenoxy) is 1. The van der Waals surface area contributed by atoms with Gasteiger partial charge in [0, 0.05) is 11.8 Å². The molecule has 1 saturated carbocycles. The number of benzene rings is 1. The maximum Gasteiger partial charge on any atom is 0.183 e. The van der Waals surface area contributed by atoms with E-state index in [-0.39, 0.29) is 16.2 Å². The van der Waals surface area contributed by atoms with E-state index < -0.39 is 5.82 Å². The Labute approximate surface area is 110 Å². The molecule has 0 spiro atoms. The molecule has 92 valence electrons. The van der Waals surface area contributed by atoms with Crippen molar-refractivity contribution in [1.29, 1.82) is 0 Å². The Morgan fingerprint density at radius 2 is 2.24 bits per heavy atom. The van der Waals surface area contributed by atoms with Crippen molar-refractivity contribution in [2.75, 3.05) is 6.61 Å². The molecule has 0 heterocycles. The van der Waals surface area contributed by atoms with E-state index in [4.69, 9.17) is 34.3 Å². The minimum atomic E-state index is -0.514. The molecule has 0 saturated heterocycles. The summed E-state index contributed by atoms with van der Waals surface area (Å²) in [5.74, 6) is -0.327. The molecule has 2 rings (SSSR count). The van der Waals surface area contributed by atoms with Gasteiger partial charge in [0.2, 0.25) is 0 Å². The molecule has 1 fully saturated rings. The van der Waals surface area contributed by atoms with E-state index >= 15 is 0 Å². The second-order valence-corrected chi connectivity index (χ2v) is 5.42. The summed E-state index contributed by atoms with van der Waals surface area (Å²) in [6.07, 6.45) is 2.70. The molecule has 1 aliphatic rings. The van der Waals surface area contributed by atoms with Crippen molar-refractivity contribution in [2.24, 2.45) is 11.1 Å². The first-order valence-electron chi connectivity index (χ1n) is 5.38. The van der Waals surface area contributed by atoms with Crippen molar-refractivity contribution in [3.63, 3.8) is 0 Å². The number of nitrogens with two attached hydrogens (primary N) is 1. The van der Waals surface area contributed by atoms with Gasteiger partial charge in [0.15, 0.2) is 11.6 Å². The number of halogens is 2. The van der Waals surface area contributed by atoms with Crippen LogP contribution in [0.5, 0.6) is 5.75 Å². The first kappa shape index (κ1) is 12.6. The lowest BCUT2D eigenvalue weighted by Crippen LogP contribution is -2.21. The lowest BCUT2D eigenvalue weighted by Gasteiger charge is -2.15. The number of rotatable bonds is 5. The summed E-state index contributed by atoms with van der Waals surface area (Å²) >= 11 is 10.6. The maximum absolute atomic E-state index is 13.6. The van der Waals surface area contributed by atoms with Gasteiger partial charge in [0.25, 0.3) is 0 Å². The maximum atomic E-state index is 13.6. The molecular formula is C12H13ClFNOS. The van der Waals surface area contributed by atoms with E-state index in [2.05, 4.69) is 0 Å². The van der Waals surface area contributed by atoms with Gasteiger partial charge in [0.05, 0.1) is 16.6 Å². The molecule has 0 atom stereocenters. The van der Waals surface area contributed by atoms with E-state index in [1.165, 1.54) is 6.07 Å². The molecule has 1 aliphatic carbocycles. The SMILES string of the molecule is NC(=S)CC1(COc2cccc(Cl)c2F)CC1. The van der Waals surface area contributed by atoms with E-state index in [1.807, 2.05) is 0 Å². The highest BCUT2D eigenvalue weighted by molar-refractivity contribution is 7.80. The Kier molecular flexibility index (Phi) is 3.54. The van der Waals surface area contributed by atoms with Gasteiger partial charge >= 0.3 is 0 Å². The third kappa shape index (κ3) is 3.07. The van der Waals surface area contributed by atoms with Crippen LogP contribution in [0.4, 0.5) is 4.39 Å². The molecule has 0 radical (unpaired) electrons. The minimum absolute atomic E-state index is 0.0145. The Bertz CT molecular complexity index is 448. The summed E-state index contributed by atoms with van der Waals surface area (Å²) in [5, 5.41) is 0.0710. The van der Waals surface area contributed by atoms with Gasteiger partial charge in [-0.1, -0.05) is 29.9 Å². The largest absolute Gasteiger partial charge is 0.490 e. The topological polar surface area (TPSA) is 35.2 Å². The van der Waals surface area contributed by atoms with Crippen LogP contribution in [0.15, 0.2) is 18.2 Å². The third-order valence-electron chi connectivity index (χ3n) is 2.96. The van der Waals surface area contributed by atoms with Crippen molar-refractivity contribution in [1.82, 2.24) is 0 Å². The standard InChI is InChI=1S/C12H13ClFNOS/c13-8-2-1-3-9(11(8)14)16-7-12(4-5-12)6-10(15)17/h1-3H,4-7H2,(H2,15,17). The fraction of sp³-hybridized carbons (Fsp3) is 0.417. The molecule has 2 nitrogen and oxygen atoms in total. The highest BCUT2D eigenvalue weighted by Crippen LogP contribution is 2.49. The van der Waals surface area contributed by atoms with Crippen LogP contribution in [-0.4, -0.2) is 11.6 Å². The van der Waals surface area contributed by atoms with Crippen LogP contribution >= 0.6 is 23.8 Å². The second kappa shape index (κ2) is 4.78. The molecule has 1 aromatic rings. The van der Waals surface area contributed by atoms with E-state index in [0.29, 0.717) is 18.0 Å². The summed E-state index contributed by atoms with van der Waals surface area (Å²) in [4.78, 5) is 0.484. The van der Waals surface area contributed by atoms with Crippen molar-refractivity contribution in [3.8, 4) is 5.75 Å². The van der Waals surface area contributed by atoms with Crippen LogP contribution in [0, 0.1) is 11.2 Å². The Hall–Kier alpha value is -0.870. The zero-order chi connectivity index (χ0) is 12.5. The quantitative estimate of drug-likeness (QED) is 0.836. The zero-order valence-electron chi connectivity index (χ0n) is 9.21. The fourth-order valence-corrected chi connectivity index (χ4v) is 2.22. The molecule has 0 aliphatic heterocycles. The molecule has 2 N–H and O–H groups in total. The van der Waals surface area contributed by atoms with Crippen LogP contribution in [0.2, 0.25) is 5.02 Å². The Balaban J connectivity index is 1.98. The summed E-state index contributed by atoms with van der Waals surface area (Å²) in [6, 6.07) is 4.72. The second-order valence-electron chi connectivity index (χ2n) is 4.48. The summed E-state index contributed by atoms with van der Waals surface area (Å²) in [6.45, 7) is 0.432. The summed E-state index contributed by atoms with van der Waals surface area (Å²) < 4.78 is 19.0. The molecular weight excluding hydrogens is 261 g/mol. The fourth-order valence-electron chi connectivity index (χ4n) is 1.74. The van der Waals surface area contributed by atoms with Crippen LogP contribution in [0.3, 0.4) is 0 Å². The molecule has 1 aromatic carbocycles. The van der Waals surface area contributed by atoms with Gasteiger partial charge in [-0.25, -0.2) is 4.39 Å². The molecule has 0 aromatic heterocycles. The molecule has 5 heteroatoms. The van der Waals surface area contributed by atoms with E-state index in [0.717, 1.165) is 12.8 Å². The highest BCUT2D eigenvalue weighted by atomic mass is 35.5. The first-order valence-corrected chi connectivity index (χ1v) is 6.16. The Morgan fingerprint density at radius 1 is 1.53 bits per heavy atom. The average Bonchev–Trinajstić information content (AvgIpc) is 3.00. The summed E-state index contributed by atoms with van der Waals surface area (Å²) in [7, 11) is 0. The van der Waals surface area contributed by atoms with Gasteiger partial charge in [-0.15, -0.1) is 0 Å². The Morgan fingerprint density at radius 3 is 2.82 bits per heavy atom.